The molecule has 0 saturated carbocycles. The van der Waals surface area contributed by atoms with E-state index in [2.05, 4.69) is 15.4 Å². The van der Waals surface area contributed by atoms with Gasteiger partial charge in [0.05, 0.1) is 32.2 Å². The van der Waals surface area contributed by atoms with Gasteiger partial charge in [-0.3, -0.25) is 4.79 Å². The molecule has 9 nitrogen and oxygen atoms in total. The highest BCUT2D eigenvalue weighted by Gasteiger charge is 2.36. The Morgan fingerprint density at radius 1 is 0.841 bits per heavy atom. The number of primary amides is 2. The Balaban J connectivity index is 2.34. The van der Waals surface area contributed by atoms with Gasteiger partial charge in [0.15, 0.2) is 0 Å². The molecule has 0 aliphatic rings. The number of hydrogen-bond donors (Lipinski definition) is 4. The number of benzene rings is 3. The number of carbonyl (C=O) groups is 3. The first-order valence-electron chi connectivity index (χ1n) is 14.0. The lowest BCUT2D eigenvalue weighted by atomic mass is 9.79. The van der Waals surface area contributed by atoms with Crippen molar-refractivity contribution in [2.45, 2.75) is 57.3 Å². The summed E-state index contributed by atoms with van der Waals surface area (Å²) in [4.78, 5) is 35.9. The van der Waals surface area contributed by atoms with Gasteiger partial charge in [-0.1, -0.05) is 62.4 Å². The molecule has 236 valence electrons. The number of hydrogen-bond acceptors (Lipinski definition) is 5. The highest BCUT2D eigenvalue weighted by atomic mass is 19.4. The van der Waals surface area contributed by atoms with Crippen LogP contribution in [0.2, 0.25) is 0 Å². The van der Waals surface area contributed by atoms with Crippen molar-refractivity contribution in [3.8, 4) is 16.9 Å². The first kappa shape index (κ1) is 33.8. The molecule has 3 aromatic rings. The minimum absolute atomic E-state index is 0.0569. The Bertz CT molecular complexity index is 1490. The van der Waals surface area contributed by atoms with Crippen molar-refractivity contribution in [1.29, 1.82) is 0 Å². The number of carbonyl (C=O) groups excluding carboxylic acids is 3. The molecule has 0 bridgehead atoms. The van der Waals surface area contributed by atoms with E-state index in [1.807, 2.05) is 44.2 Å². The smallest absolute Gasteiger partial charge is 0.416 e. The van der Waals surface area contributed by atoms with E-state index in [9.17, 15) is 27.6 Å². The summed E-state index contributed by atoms with van der Waals surface area (Å²) in [6.45, 7) is 3.77. The van der Waals surface area contributed by atoms with Gasteiger partial charge in [-0.05, 0) is 52.8 Å². The Labute approximate surface area is 254 Å². The molecule has 4 amide bonds. The summed E-state index contributed by atoms with van der Waals surface area (Å²) in [6.07, 6.45) is -4.37. The number of ether oxygens (including phenoxy) is 2. The minimum atomic E-state index is -4.76. The predicted molar refractivity (Wildman–Crippen MR) is 160 cm³/mol. The van der Waals surface area contributed by atoms with Crippen LogP contribution in [0.25, 0.3) is 11.1 Å². The van der Waals surface area contributed by atoms with Crippen LogP contribution < -0.4 is 26.8 Å². The molecule has 12 heteroatoms. The number of alkyl halides is 3. The van der Waals surface area contributed by atoms with Gasteiger partial charge in [0.25, 0.3) is 0 Å². The number of halogens is 3. The quantitative estimate of drug-likeness (QED) is 0.191. The number of urea groups is 2. The molecule has 44 heavy (non-hydrogen) atoms. The Kier molecular flexibility index (Phi) is 11.2. The van der Waals surface area contributed by atoms with Crippen molar-refractivity contribution in [3.05, 3.63) is 88.5 Å². The van der Waals surface area contributed by atoms with Crippen LogP contribution >= 0.6 is 0 Å². The maximum atomic E-state index is 14.1. The number of nitrogens with two attached hydrogens (primary N) is 2. The van der Waals surface area contributed by atoms with Gasteiger partial charge < -0.3 is 31.6 Å². The van der Waals surface area contributed by atoms with Crippen LogP contribution in [0.15, 0.2) is 60.7 Å². The largest absolute Gasteiger partial charge is 0.496 e. The molecule has 0 spiro atoms. The first-order valence-corrected chi connectivity index (χ1v) is 14.0. The van der Waals surface area contributed by atoms with Crippen LogP contribution in [0.4, 0.5) is 22.8 Å². The van der Waals surface area contributed by atoms with Crippen molar-refractivity contribution in [1.82, 2.24) is 10.6 Å². The van der Waals surface area contributed by atoms with Crippen LogP contribution in [-0.4, -0.2) is 38.3 Å². The van der Waals surface area contributed by atoms with Crippen LogP contribution in [0.1, 0.15) is 66.5 Å². The first-order chi connectivity index (χ1) is 20.8. The number of rotatable bonds is 12. The van der Waals surface area contributed by atoms with Gasteiger partial charge in [-0.15, -0.1) is 0 Å². The molecule has 0 saturated heterocycles. The fourth-order valence-corrected chi connectivity index (χ4v) is 5.45. The maximum Gasteiger partial charge on any atom is 0.416 e. The predicted octanol–water partition coefficient (Wildman–Crippen LogP) is 5.79. The third kappa shape index (κ3) is 8.00. The second-order valence-electron chi connectivity index (χ2n) is 10.2. The molecule has 3 rings (SSSR count). The van der Waals surface area contributed by atoms with Gasteiger partial charge in [0, 0.05) is 17.5 Å². The lowest BCUT2D eigenvalue weighted by Gasteiger charge is -2.30. The van der Waals surface area contributed by atoms with Crippen molar-refractivity contribution in [3.63, 3.8) is 0 Å². The second-order valence-corrected chi connectivity index (χ2v) is 10.2. The van der Waals surface area contributed by atoms with Gasteiger partial charge in [0.1, 0.15) is 5.75 Å². The number of esters is 1. The lowest BCUT2D eigenvalue weighted by Crippen LogP contribution is -2.42. The normalized spacial score (nSPS) is 13.3. The van der Waals surface area contributed by atoms with Crippen LogP contribution in [-0.2, 0) is 22.1 Å². The van der Waals surface area contributed by atoms with E-state index in [1.54, 1.807) is 18.2 Å². The molecular formula is C32H37F3N4O5. The summed E-state index contributed by atoms with van der Waals surface area (Å²) in [5.74, 6) is -1.44. The molecular weight excluding hydrogens is 577 g/mol. The Morgan fingerprint density at radius 2 is 1.50 bits per heavy atom. The van der Waals surface area contributed by atoms with E-state index < -0.39 is 48.2 Å². The fraction of sp³-hybridized carbons (Fsp3) is 0.344. The van der Waals surface area contributed by atoms with E-state index in [-0.39, 0.29) is 17.4 Å². The van der Waals surface area contributed by atoms with Gasteiger partial charge in [-0.25, -0.2) is 9.59 Å². The zero-order chi connectivity index (χ0) is 32.6. The summed E-state index contributed by atoms with van der Waals surface area (Å²) in [5, 5.41) is 5.54. The Hall–Kier alpha value is -4.74. The summed E-state index contributed by atoms with van der Waals surface area (Å²) >= 11 is 0. The molecule has 0 heterocycles. The van der Waals surface area contributed by atoms with E-state index in [1.165, 1.54) is 13.2 Å². The highest BCUT2D eigenvalue weighted by molar-refractivity contribution is 5.80. The SMILES string of the molecule is CCC(NC(N)=O)c1cccc(C(c2ccccc2-c2cc(CC(=O)OC)c(C(F)(F)F)cc2OC)C(CC)NC(N)=O)c1. The summed E-state index contributed by atoms with van der Waals surface area (Å²) in [5.41, 5.74) is 12.7. The van der Waals surface area contributed by atoms with Crippen molar-refractivity contribution in [2.75, 3.05) is 14.2 Å². The standard InChI is InChI=1S/C32H37F3N4O5/c1-5-25(38-30(36)41)18-10-9-11-19(14-18)29(26(6-2)39-31(37)42)22-13-8-7-12-21(22)23-15-20(16-28(40)44-4)24(32(33,34)35)17-27(23)43-3/h7-15,17,25-26,29H,5-6,16H2,1-4H3,(H3,36,38,41)(H3,37,39,42). The monoisotopic (exact) mass is 614 g/mol. The summed E-state index contributed by atoms with van der Waals surface area (Å²) < 4.78 is 52.3. The van der Waals surface area contributed by atoms with Gasteiger partial charge in [-0.2, -0.15) is 13.2 Å². The molecule has 3 atom stereocenters. The molecule has 6 N–H and O–H groups in total. The molecule has 3 aromatic carbocycles. The average molecular weight is 615 g/mol. The highest BCUT2D eigenvalue weighted by Crippen LogP contribution is 2.44. The van der Waals surface area contributed by atoms with E-state index in [0.717, 1.165) is 24.3 Å². The molecule has 0 aromatic heterocycles. The van der Waals surface area contributed by atoms with Crippen LogP contribution in [0.5, 0.6) is 5.75 Å². The molecule has 0 aliphatic heterocycles. The fourth-order valence-electron chi connectivity index (χ4n) is 5.45. The minimum Gasteiger partial charge on any atom is -0.496 e. The van der Waals surface area contributed by atoms with Crippen molar-refractivity contribution < 1.29 is 37.0 Å². The van der Waals surface area contributed by atoms with Gasteiger partial charge in [0.2, 0.25) is 0 Å². The van der Waals surface area contributed by atoms with Crippen LogP contribution in [0.3, 0.4) is 0 Å². The third-order valence-electron chi connectivity index (χ3n) is 7.45. The number of nitrogens with one attached hydrogen (secondary N) is 2. The topological polar surface area (TPSA) is 146 Å². The number of methoxy groups -OCH3 is 2. The summed E-state index contributed by atoms with van der Waals surface area (Å²) in [7, 11) is 2.37. The van der Waals surface area contributed by atoms with E-state index in [0.29, 0.717) is 29.5 Å². The molecule has 0 aliphatic carbocycles. The summed E-state index contributed by atoms with van der Waals surface area (Å²) in [6, 6.07) is 14.3. The second kappa shape index (κ2) is 14.6. The average Bonchev–Trinajstić information content (AvgIpc) is 2.98. The maximum absolute atomic E-state index is 14.1. The van der Waals surface area contributed by atoms with Crippen LogP contribution in [0, 0.1) is 0 Å². The molecule has 0 radical (unpaired) electrons. The lowest BCUT2D eigenvalue weighted by molar-refractivity contribution is -0.141. The molecule has 0 fully saturated rings. The molecule has 3 unspecified atom stereocenters. The van der Waals surface area contributed by atoms with E-state index in [4.69, 9.17) is 16.2 Å². The van der Waals surface area contributed by atoms with Crippen molar-refractivity contribution >= 4 is 18.0 Å². The third-order valence-corrected chi connectivity index (χ3v) is 7.45. The zero-order valence-corrected chi connectivity index (χ0v) is 25.0. The Morgan fingerprint density at radius 3 is 2.07 bits per heavy atom. The zero-order valence-electron chi connectivity index (χ0n) is 25.0. The number of amides is 4. The van der Waals surface area contributed by atoms with Crippen molar-refractivity contribution in [2.24, 2.45) is 11.5 Å². The van der Waals surface area contributed by atoms with Gasteiger partial charge >= 0.3 is 24.2 Å². The van der Waals surface area contributed by atoms with E-state index >= 15 is 0 Å².